The molecule has 1 fully saturated rings. The maximum atomic E-state index is 12.5. The van der Waals surface area contributed by atoms with Crippen LogP contribution in [0.2, 0.25) is 0 Å². The molecular weight excluding hydrogens is 294 g/mol. The van der Waals surface area contributed by atoms with Crippen LogP contribution < -0.4 is 0 Å². The van der Waals surface area contributed by atoms with Crippen LogP contribution in [0.5, 0.6) is 0 Å². The Morgan fingerprint density at radius 1 is 1.30 bits per heavy atom. The average molecular weight is 317 g/mol. The van der Waals surface area contributed by atoms with Gasteiger partial charge in [0, 0.05) is 6.54 Å². The van der Waals surface area contributed by atoms with Crippen molar-refractivity contribution in [2.45, 2.75) is 38.3 Å². The van der Waals surface area contributed by atoms with Crippen LogP contribution in [0.25, 0.3) is 0 Å². The van der Waals surface area contributed by atoms with Crippen molar-refractivity contribution in [1.29, 1.82) is 0 Å². The van der Waals surface area contributed by atoms with E-state index in [-0.39, 0.29) is 12.6 Å². The molecule has 5 nitrogen and oxygen atoms in total. The number of esters is 1. The van der Waals surface area contributed by atoms with Gasteiger partial charge in [-0.1, -0.05) is 42.5 Å². The third-order valence-electron chi connectivity index (χ3n) is 4.17. The van der Waals surface area contributed by atoms with Gasteiger partial charge in [0.05, 0.1) is 7.11 Å². The fourth-order valence-electron chi connectivity index (χ4n) is 2.95. The Bertz CT molecular complexity index is 570. The fourth-order valence-corrected chi connectivity index (χ4v) is 2.95. The molecule has 0 saturated carbocycles. The van der Waals surface area contributed by atoms with Gasteiger partial charge in [-0.05, 0) is 31.7 Å². The predicted octanol–water partition coefficient (Wildman–Crippen LogP) is 3.30. The minimum atomic E-state index is -0.949. The van der Waals surface area contributed by atoms with Crippen molar-refractivity contribution >= 4 is 12.1 Å². The minimum absolute atomic E-state index is 0.192. The lowest BCUT2D eigenvalue weighted by Crippen LogP contribution is -2.53. The molecule has 1 aliphatic heterocycles. The number of ether oxygens (including phenoxy) is 2. The lowest BCUT2D eigenvalue weighted by atomic mass is 9.92. The fraction of sp³-hybridized carbons (Fsp3) is 0.444. The number of methoxy groups -OCH3 is 1. The molecule has 0 bridgehead atoms. The number of rotatable bonds is 5. The summed E-state index contributed by atoms with van der Waals surface area (Å²) < 4.78 is 10.4. The van der Waals surface area contributed by atoms with Crippen molar-refractivity contribution in [3.63, 3.8) is 0 Å². The second kappa shape index (κ2) is 7.81. The minimum Gasteiger partial charge on any atom is -0.467 e. The van der Waals surface area contributed by atoms with E-state index in [2.05, 4.69) is 0 Å². The molecule has 5 heteroatoms. The molecule has 124 valence electrons. The van der Waals surface area contributed by atoms with Crippen molar-refractivity contribution in [3.05, 3.63) is 48.0 Å². The lowest BCUT2D eigenvalue weighted by Gasteiger charge is -2.34. The molecule has 0 aliphatic carbocycles. The summed E-state index contributed by atoms with van der Waals surface area (Å²) in [4.78, 5) is 26.3. The number of carbonyl (C=O) groups excluding carboxylic acids is 2. The zero-order valence-electron chi connectivity index (χ0n) is 13.7. The molecule has 0 spiro atoms. The Morgan fingerprint density at radius 3 is 2.70 bits per heavy atom. The molecule has 1 saturated heterocycles. The van der Waals surface area contributed by atoms with Gasteiger partial charge in [-0.3, -0.25) is 4.90 Å². The smallest absolute Gasteiger partial charge is 0.411 e. The van der Waals surface area contributed by atoms with E-state index in [0.717, 1.165) is 12.0 Å². The van der Waals surface area contributed by atoms with Gasteiger partial charge < -0.3 is 9.47 Å². The van der Waals surface area contributed by atoms with E-state index in [0.29, 0.717) is 19.4 Å². The van der Waals surface area contributed by atoms with E-state index in [9.17, 15) is 9.59 Å². The molecule has 1 unspecified atom stereocenters. The molecule has 1 atom stereocenters. The van der Waals surface area contributed by atoms with Crippen LogP contribution in [0.4, 0.5) is 4.79 Å². The molecule has 1 aromatic rings. The van der Waals surface area contributed by atoms with Crippen LogP contribution in [-0.2, 0) is 20.9 Å². The van der Waals surface area contributed by atoms with E-state index in [1.54, 1.807) is 0 Å². The van der Waals surface area contributed by atoms with Crippen LogP contribution in [0, 0.1) is 0 Å². The van der Waals surface area contributed by atoms with Gasteiger partial charge in [-0.15, -0.1) is 0 Å². The van der Waals surface area contributed by atoms with Crippen LogP contribution >= 0.6 is 0 Å². The molecule has 2 rings (SSSR count). The summed E-state index contributed by atoms with van der Waals surface area (Å²) in [6.07, 6.45) is 5.07. The van der Waals surface area contributed by atoms with E-state index >= 15 is 0 Å². The van der Waals surface area contributed by atoms with Gasteiger partial charge in [0.1, 0.15) is 12.1 Å². The zero-order valence-corrected chi connectivity index (χ0v) is 13.7. The van der Waals surface area contributed by atoms with Crippen LogP contribution in [0.15, 0.2) is 42.5 Å². The Morgan fingerprint density at radius 2 is 2.04 bits per heavy atom. The molecule has 1 heterocycles. The topological polar surface area (TPSA) is 55.8 Å². The van der Waals surface area contributed by atoms with Gasteiger partial charge in [-0.2, -0.15) is 0 Å². The third-order valence-corrected chi connectivity index (χ3v) is 4.17. The van der Waals surface area contributed by atoms with E-state index in [1.807, 2.05) is 49.4 Å². The summed E-state index contributed by atoms with van der Waals surface area (Å²) in [6, 6.07) is 9.48. The Hall–Kier alpha value is -2.30. The summed E-state index contributed by atoms with van der Waals surface area (Å²) in [5, 5.41) is 0. The molecule has 0 radical (unpaired) electrons. The van der Waals surface area contributed by atoms with Crippen molar-refractivity contribution in [2.24, 2.45) is 0 Å². The molecule has 1 amide bonds. The van der Waals surface area contributed by atoms with Crippen molar-refractivity contribution in [1.82, 2.24) is 4.90 Å². The quantitative estimate of drug-likeness (QED) is 0.617. The molecule has 23 heavy (non-hydrogen) atoms. The van der Waals surface area contributed by atoms with Crippen molar-refractivity contribution < 1.29 is 19.1 Å². The Kier molecular flexibility index (Phi) is 5.79. The van der Waals surface area contributed by atoms with Crippen molar-refractivity contribution in [2.75, 3.05) is 13.7 Å². The summed E-state index contributed by atoms with van der Waals surface area (Å²) in [5.41, 5.74) is -0.0353. The molecule has 0 N–H and O–H groups in total. The first-order valence-corrected chi connectivity index (χ1v) is 7.82. The monoisotopic (exact) mass is 317 g/mol. The Labute approximate surface area is 136 Å². The number of allylic oxidation sites excluding steroid dienone is 1. The van der Waals surface area contributed by atoms with Crippen LogP contribution in [-0.4, -0.2) is 36.2 Å². The first kappa shape index (κ1) is 17.1. The average Bonchev–Trinajstić information content (AvgIpc) is 3.03. The molecular formula is C18H23NO4. The zero-order chi connectivity index (χ0) is 16.7. The second-order valence-corrected chi connectivity index (χ2v) is 5.59. The van der Waals surface area contributed by atoms with Crippen LogP contribution in [0.3, 0.4) is 0 Å². The molecule has 1 aliphatic rings. The number of nitrogens with zero attached hydrogens (tertiary/aromatic N) is 1. The van der Waals surface area contributed by atoms with Gasteiger partial charge in [-0.25, -0.2) is 9.59 Å². The highest BCUT2D eigenvalue weighted by molar-refractivity contribution is 5.86. The maximum absolute atomic E-state index is 12.5. The number of benzene rings is 1. The third kappa shape index (κ3) is 3.73. The molecule has 1 aromatic carbocycles. The normalized spacial score (nSPS) is 20.7. The van der Waals surface area contributed by atoms with E-state index in [1.165, 1.54) is 12.0 Å². The number of likely N-dealkylation sites (tertiary alicyclic amines) is 1. The number of hydrogen-bond donors (Lipinski definition) is 0. The highest BCUT2D eigenvalue weighted by Crippen LogP contribution is 2.35. The van der Waals surface area contributed by atoms with Crippen molar-refractivity contribution in [3.8, 4) is 0 Å². The summed E-state index contributed by atoms with van der Waals surface area (Å²) in [5.74, 6) is -0.384. The Balaban J connectivity index is 2.11. The number of amides is 1. The number of hydrogen-bond acceptors (Lipinski definition) is 4. The highest BCUT2D eigenvalue weighted by atomic mass is 16.6. The first-order chi connectivity index (χ1) is 11.1. The maximum Gasteiger partial charge on any atom is 0.411 e. The summed E-state index contributed by atoms with van der Waals surface area (Å²) in [7, 11) is 1.35. The largest absolute Gasteiger partial charge is 0.467 e. The van der Waals surface area contributed by atoms with E-state index in [4.69, 9.17) is 9.47 Å². The SMILES string of the molecule is C/C=C/CC1(C(=O)OC)CCCN1C(=O)OCc1ccccc1. The first-order valence-electron chi connectivity index (χ1n) is 7.82. The lowest BCUT2D eigenvalue weighted by molar-refractivity contribution is -0.152. The van der Waals surface area contributed by atoms with Gasteiger partial charge in [0.25, 0.3) is 0 Å². The van der Waals surface area contributed by atoms with Gasteiger partial charge >= 0.3 is 12.1 Å². The van der Waals surface area contributed by atoms with E-state index < -0.39 is 11.6 Å². The summed E-state index contributed by atoms with van der Waals surface area (Å²) >= 11 is 0. The predicted molar refractivity (Wildman–Crippen MR) is 86.7 cm³/mol. The standard InChI is InChI=1S/C18H23NO4/c1-3-4-11-18(16(20)22-2)12-8-13-19(18)17(21)23-14-15-9-6-5-7-10-15/h3-7,9-10H,8,11-14H2,1-2H3/b4-3+. The van der Waals surface area contributed by atoms with Crippen LogP contribution in [0.1, 0.15) is 31.7 Å². The number of carbonyl (C=O) groups is 2. The van der Waals surface area contributed by atoms with Gasteiger partial charge in [0.2, 0.25) is 0 Å². The second-order valence-electron chi connectivity index (χ2n) is 5.59. The molecule has 0 aromatic heterocycles. The summed E-state index contributed by atoms with van der Waals surface area (Å²) in [6.45, 7) is 2.58. The highest BCUT2D eigenvalue weighted by Gasteiger charge is 2.50. The van der Waals surface area contributed by atoms with Gasteiger partial charge in [0.15, 0.2) is 0 Å².